The maximum atomic E-state index is 15.1. The van der Waals surface area contributed by atoms with E-state index in [2.05, 4.69) is 20.8 Å². The molecule has 0 saturated carbocycles. The lowest BCUT2D eigenvalue weighted by molar-refractivity contribution is 0.0585. The lowest BCUT2D eigenvalue weighted by atomic mass is 9.98. The van der Waals surface area contributed by atoms with Crippen LogP contribution in [0.5, 0.6) is 69.0 Å². The van der Waals surface area contributed by atoms with Gasteiger partial charge in [0.2, 0.25) is 7.59 Å². The molecular weight excluding hydrogens is 1950 g/mol. The van der Waals surface area contributed by atoms with Crippen molar-refractivity contribution in [3.8, 4) is 69.0 Å². The summed E-state index contributed by atoms with van der Waals surface area (Å²) in [4.78, 5) is 105. The molecule has 750 valence electrons. The summed E-state index contributed by atoms with van der Waals surface area (Å²) in [6, 6.07) is 41.1. The standard InChI is InChI=1S/C57H65Cl6N5O13Si.C44H43N5O8.2CH4/c1-33-42-23-36(34-11-15-38(73-5)16-12-34)29-65(42)50(69)40-25-46(74-6)48(27-43(40)67(33)53(71)79-31-56(58,59)60)77-20-10-21-78-49-28-44-41(26-47(49)75-7)51(70)66-30-37(35-13-17-39(18-14-35)76-22-19-64)24-45(66)52(81-82(8,9)55(2,3)4)68(44)54(72)80-32-57(61,62)63;1-52-33-9-5-27(6-10-33)29-17-31-23-46-37-21-41(39(53-2)19-35(37)43(50)48(31)25-29)56-14-4-15-57-42-22-38-36(20-40(42)54-3)44(51)49-26-30(18-32(49)24-47-38)28-7-11-34(12-8-28)55-16-13-45;;/h11-18,25-30,33,42,45,52H,10,19-24,31-32,64H2,1-9H3;5-12,19-26,31-32H,4,13-18,45H2,1-3H3;2*1H4/t33-,42?,45?,52-;;;/m1.../s1. The Balaban J connectivity index is 0.000000248. The summed E-state index contributed by atoms with van der Waals surface area (Å²) in [6.45, 7) is 13.1. The molecule has 4 N–H and O–H groups in total. The number of nitrogens with two attached hydrogens (primary N) is 2. The first-order chi connectivity index (χ1) is 66.5. The Kier molecular flexibility index (Phi) is 34.2. The van der Waals surface area contributed by atoms with Crippen molar-refractivity contribution in [1.29, 1.82) is 0 Å². The van der Waals surface area contributed by atoms with Crippen LogP contribution in [0.3, 0.4) is 0 Å². The Morgan fingerprint density at radius 1 is 0.397 bits per heavy atom. The SMILES string of the molecule is C.C.COc1ccc(C2=CN3C(=O)c4cc(OC)c(OCCCOc5cc6c(cc5OC)C(=O)N5C=C(c7ccc(OCCN)cc7)CC5C=N6)cc4N=CC3C2)cc1.COc1ccc(C2=CN3C(=O)c4cc(OC)c(OCCCOc5cc6c(cc5OC)C(=O)N5C=C(c7ccc(OCCN)cc7)CC5[C@@H](O[Si](C)(C)C(C)(C)C)N6C(=O)OCC(Cl)(Cl)Cl)cc4N(C(=O)OCC(Cl)(Cl)Cl)[C@H](C)C3C2)cc1. The molecule has 0 aliphatic carbocycles. The minimum Gasteiger partial charge on any atom is -0.497 e. The lowest BCUT2D eigenvalue weighted by Gasteiger charge is -2.44. The first-order valence-corrected chi connectivity index (χ1v) is 50.2. The average molecular weight is 2070 g/mol. The number of nitrogens with zero attached hydrogens (tertiary/aromatic N) is 8. The molecule has 0 radical (unpaired) electrons. The molecule has 8 aromatic rings. The van der Waals surface area contributed by atoms with Crippen LogP contribution in [0, 0.1) is 0 Å². The fourth-order valence-electron chi connectivity index (χ4n) is 17.1. The third-order valence-corrected chi connectivity index (χ3v) is 30.3. The van der Waals surface area contributed by atoms with Crippen molar-refractivity contribution in [2.75, 3.05) is 118 Å². The Morgan fingerprint density at radius 3 is 1.07 bits per heavy atom. The van der Waals surface area contributed by atoms with Crippen LogP contribution in [0.15, 0.2) is 180 Å². The van der Waals surface area contributed by atoms with Gasteiger partial charge in [0.05, 0.1) is 144 Å². The van der Waals surface area contributed by atoms with Crippen molar-refractivity contribution in [1.82, 2.24) is 19.6 Å². The molecule has 8 aliphatic rings. The number of methoxy groups -OCH3 is 6. The number of hydrogen-bond acceptors (Lipinski definition) is 25. The molecule has 4 unspecified atom stereocenters. The number of aliphatic imine (C=N–C) groups is 2. The second-order valence-electron chi connectivity index (χ2n) is 35.2. The second-order valence-corrected chi connectivity index (χ2v) is 44.9. The monoisotopic (exact) mass is 2070 g/mol. The topological polar surface area (TPSA) is 337 Å². The van der Waals surface area contributed by atoms with Gasteiger partial charge in [0.25, 0.3) is 23.6 Å². The fourth-order valence-corrected chi connectivity index (χ4v) is 18.6. The molecule has 8 heterocycles. The number of hydrogen-bond donors (Lipinski definition) is 2. The molecule has 0 fully saturated rings. The van der Waals surface area contributed by atoms with E-state index >= 15 is 4.79 Å². The number of anilines is 2. The van der Waals surface area contributed by atoms with Crippen LogP contribution < -0.4 is 78.1 Å². The number of alkyl halides is 6. The van der Waals surface area contributed by atoms with Gasteiger partial charge < -0.3 is 102 Å². The maximum Gasteiger partial charge on any atom is 0.416 e. The Hall–Kier alpha value is -12.1. The molecular formula is C103H116Cl6N10O21Si. The summed E-state index contributed by atoms with van der Waals surface area (Å²) in [6.07, 6.45) is 10.8. The van der Waals surface area contributed by atoms with Crippen molar-refractivity contribution in [3.63, 3.8) is 0 Å². The van der Waals surface area contributed by atoms with Crippen molar-refractivity contribution < 1.29 is 99.5 Å². The molecule has 0 aromatic heterocycles. The van der Waals surface area contributed by atoms with Crippen LogP contribution >= 0.6 is 69.6 Å². The molecule has 6 amide bonds. The number of ether oxygens (including phenoxy) is 14. The van der Waals surface area contributed by atoms with Gasteiger partial charge in [-0.05, 0) is 155 Å². The Bertz CT molecular complexity index is 6130. The number of carbonyl (C=O) groups excluding carboxylic acids is 6. The summed E-state index contributed by atoms with van der Waals surface area (Å²) in [5.74, 6) is 4.21. The van der Waals surface area contributed by atoms with E-state index in [9.17, 15) is 24.0 Å². The molecule has 31 nitrogen and oxygen atoms in total. The number of benzene rings is 8. The normalized spacial score (nSPS) is 18.2. The summed E-state index contributed by atoms with van der Waals surface area (Å²) < 4.78 is 84.5. The van der Waals surface area contributed by atoms with E-state index in [1.165, 1.54) is 49.3 Å². The molecule has 38 heteroatoms. The van der Waals surface area contributed by atoms with Gasteiger partial charge in [0.1, 0.15) is 49.4 Å². The summed E-state index contributed by atoms with van der Waals surface area (Å²) in [5.41, 5.74) is 21.1. The van der Waals surface area contributed by atoms with Crippen LogP contribution in [0.2, 0.25) is 18.1 Å². The first-order valence-electron chi connectivity index (χ1n) is 45.0. The van der Waals surface area contributed by atoms with Crippen LogP contribution in [0.1, 0.15) is 145 Å². The number of amides is 6. The van der Waals surface area contributed by atoms with Crippen molar-refractivity contribution in [2.45, 2.75) is 143 Å². The van der Waals surface area contributed by atoms with Gasteiger partial charge in [-0.25, -0.2) is 14.5 Å². The summed E-state index contributed by atoms with van der Waals surface area (Å²) in [5, 5.41) is -0.358. The van der Waals surface area contributed by atoms with Gasteiger partial charge >= 0.3 is 12.2 Å². The van der Waals surface area contributed by atoms with E-state index < -0.39 is 77.5 Å². The van der Waals surface area contributed by atoms with Gasteiger partial charge in [0, 0.05) is 100 Å². The van der Waals surface area contributed by atoms with Gasteiger partial charge in [-0.3, -0.25) is 34.1 Å². The molecule has 8 aliphatic heterocycles. The predicted molar refractivity (Wildman–Crippen MR) is 551 cm³/mol. The van der Waals surface area contributed by atoms with Gasteiger partial charge in [-0.15, -0.1) is 0 Å². The smallest absolute Gasteiger partial charge is 0.416 e. The predicted octanol–water partition coefficient (Wildman–Crippen LogP) is 20.9. The highest BCUT2D eigenvalue weighted by Gasteiger charge is 2.53. The molecule has 141 heavy (non-hydrogen) atoms. The van der Waals surface area contributed by atoms with Gasteiger partial charge in [-0.2, -0.15) is 0 Å². The van der Waals surface area contributed by atoms with Crippen LogP contribution in [-0.2, 0) is 13.9 Å². The zero-order valence-corrected chi connectivity index (χ0v) is 84.2. The third kappa shape index (κ3) is 23.8. The van der Waals surface area contributed by atoms with Crippen LogP contribution in [0.25, 0.3) is 22.3 Å². The summed E-state index contributed by atoms with van der Waals surface area (Å²) >= 11 is 36.6. The van der Waals surface area contributed by atoms with Crippen LogP contribution in [0.4, 0.5) is 32.3 Å². The highest BCUT2D eigenvalue weighted by molar-refractivity contribution is 6.74. The van der Waals surface area contributed by atoms with Crippen molar-refractivity contribution in [2.24, 2.45) is 21.5 Å². The van der Waals surface area contributed by atoms with Gasteiger partial charge in [-0.1, -0.05) is 154 Å². The number of fused-ring (bicyclic) bond motifs is 8. The van der Waals surface area contributed by atoms with E-state index in [1.807, 2.05) is 142 Å². The van der Waals surface area contributed by atoms with Crippen molar-refractivity contribution >= 4 is 171 Å². The molecule has 16 rings (SSSR count). The minimum atomic E-state index is -2.80. The second kappa shape index (κ2) is 45.5. The zero-order chi connectivity index (χ0) is 99.1. The minimum absolute atomic E-state index is 0. The molecule has 6 atom stereocenters. The maximum absolute atomic E-state index is 15.1. The van der Waals surface area contributed by atoms with E-state index in [1.54, 1.807) is 83.7 Å². The average Bonchev–Trinajstić information content (AvgIpc) is 1.58. The Morgan fingerprint density at radius 2 is 0.716 bits per heavy atom. The zero-order valence-electron chi connectivity index (χ0n) is 78.7. The van der Waals surface area contributed by atoms with E-state index in [0.717, 1.165) is 56.0 Å². The molecule has 0 bridgehead atoms. The van der Waals surface area contributed by atoms with E-state index in [0.29, 0.717) is 122 Å². The largest absolute Gasteiger partial charge is 0.497 e. The number of carbonyl (C=O) groups is 6. The first kappa shape index (κ1) is 106. The highest BCUT2D eigenvalue weighted by atomic mass is 35.6. The number of halogens is 6. The third-order valence-electron chi connectivity index (χ3n) is 25.2. The number of rotatable bonds is 32. The quantitative estimate of drug-likeness (QED) is 0.0225. The van der Waals surface area contributed by atoms with E-state index in [4.69, 9.17) is 162 Å². The summed E-state index contributed by atoms with van der Waals surface area (Å²) in [7, 11) is 6.36. The van der Waals surface area contributed by atoms with Crippen molar-refractivity contribution in [3.05, 3.63) is 215 Å². The lowest BCUT2D eigenvalue weighted by Crippen LogP contribution is -2.58. The molecule has 0 saturated heterocycles. The fraction of sp³-hybridized carbons (Fsp3) is 0.379. The van der Waals surface area contributed by atoms with Gasteiger partial charge in [0.15, 0.2) is 60.5 Å². The highest BCUT2D eigenvalue weighted by Crippen LogP contribution is 2.51. The van der Waals surface area contributed by atoms with E-state index in [-0.39, 0.29) is 115 Å². The molecule has 8 aromatic carbocycles. The van der Waals surface area contributed by atoms with Crippen LogP contribution in [-0.4, -0.2) is 229 Å². The molecule has 0 spiro atoms. The Labute approximate surface area is 851 Å².